The maximum Gasteiger partial charge on any atom is 0.253 e. The molecule has 1 aliphatic heterocycles. The summed E-state index contributed by atoms with van der Waals surface area (Å²) in [5, 5.41) is 2.79. The summed E-state index contributed by atoms with van der Waals surface area (Å²) >= 11 is 8.39. The predicted molar refractivity (Wildman–Crippen MR) is 138 cm³/mol. The van der Waals surface area contributed by atoms with Gasteiger partial charge >= 0.3 is 0 Å². The van der Waals surface area contributed by atoms with Crippen molar-refractivity contribution in [3.8, 4) is 21.6 Å². The molecule has 3 nitrogen and oxygen atoms in total. The van der Waals surface area contributed by atoms with Crippen LogP contribution in [0.25, 0.3) is 21.6 Å². The molecule has 1 amide bonds. The van der Waals surface area contributed by atoms with Gasteiger partial charge in [-0.15, -0.1) is 11.3 Å². The number of halogens is 1. The highest BCUT2D eigenvalue weighted by Gasteiger charge is 2.20. The fourth-order valence-corrected chi connectivity index (χ4v) is 6.42. The van der Waals surface area contributed by atoms with Gasteiger partial charge in [0, 0.05) is 46.0 Å². The number of piperidine rings is 1. The minimum absolute atomic E-state index is 0.0939. The largest absolute Gasteiger partial charge is 0.339 e. The minimum Gasteiger partial charge on any atom is -0.339 e. The monoisotopic (exact) mass is 478 g/mol. The van der Waals surface area contributed by atoms with Gasteiger partial charge < -0.3 is 4.90 Å². The number of carbonyl (C=O) groups excluding carboxylic acids is 1. The first-order chi connectivity index (χ1) is 16.2. The van der Waals surface area contributed by atoms with Crippen LogP contribution in [0.3, 0.4) is 0 Å². The second-order valence-electron chi connectivity index (χ2n) is 9.49. The second-order valence-corrected chi connectivity index (χ2v) is 10.8. The van der Waals surface area contributed by atoms with E-state index in [0.29, 0.717) is 10.6 Å². The van der Waals surface area contributed by atoms with Crippen LogP contribution < -0.4 is 0 Å². The number of thiophene rings is 1. The number of nitrogens with zero attached hydrogens (tertiary/aromatic N) is 2. The van der Waals surface area contributed by atoms with Crippen LogP contribution in [0.2, 0.25) is 5.02 Å². The molecule has 0 radical (unpaired) electrons. The molecule has 3 aromatic rings. The lowest BCUT2D eigenvalue weighted by Gasteiger charge is -2.26. The van der Waals surface area contributed by atoms with E-state index in [4.69, 9.17) is 11.6 Å². The van der Waals surface area contributed by atoms with E-state index in [-0.39, 0.29) is 5.91 Å². The highest BCUT2D eigenvalue weighted by atomic mass is 35.5. The van der Waals surface area contributed by atoms with Gasteiger partial charge in [0.2, 0.25) is 0 Å². The van der Waals surface area contributed by atoms with E-state index in [0.717, 1.165) is 49.4 Å². The van der Waals surface area contributed by atoms with Gasteiger partial charge in [0.25, 0.3) is 5.91 Å². The highest BCUT2D eigenvalue weighted by Crippen LogP contribution is 2.37. The molecule has 0 spiro atoms. The van der Waals surface area contributed by atoms with Crippen LogP contribution >= 0.6 is 22.9 Å². The van der Waals surface area contributed by atoms with Gasteiger partial charge in [-0.25, -0.2) is 0 Å². The number of hydrogen-bond acceptors (Lipinski definition) is 3. The standard InChI is InChI=1S/C28H31ClN2OS/c29-26-17-22(28(32)31-13-5-2-6-14-31)9-10-25(26)23-18-27(33-19-23)21-11-12-30-24(16-21)15-20-7-3-1-4-8-20/h9-12,16-20H,1-8,13-15H2. The molecule has 1 saturated carbocycles. The minimum atomic E-state index is 0.0939. The predicted octanol–water partition coefficient (Wildman–Crippen LogP) is 7.88. The molecule has 2 aliphatic rings. The summed E-state index contributed by atoms with van der Waals surface area (Å²) in [4.78, 5) is 20.7. The van der Waals surface area contributed by atoms with Crippen molar-refractivity contribution in [2.24, 2.45) is 5.92 Å². The lowest BCUT2D eigenvalue weighted by atomic mass is 9.86. The third kappa shape index (κ3) is 5.33. The average molecular weight is 479 g/mol. The SMILES string of the molecule is O=C(c1ccc(-c2csc(-c3ccnc(CC4CCCCC4)c3)c2)c(Cl)c1)N1CCCCC1. The summed E-state index contributed by atoms with van der Waals surface area (Å²) in [6.07, 6.45) is 13.2. The highest BCUT2D eigenvalue weighted by molar-refractivity contribution is 7.14. The summed E-state index contributed by atoms with van der Waals surface area (Å²) in [5.74, 6) is 0.877. The Morgan fingerprint density at radius 1 is 0.970 bits per heavy atom. The number of benzene rings is 1. The number of aromatic nitrogens is 1. The van der Waals surface area contributed by atoms with E-state index in [1.807, 2.05) is 29.3 Å². The smallest absolute Gasteiger partial charge is 0.253 e. The van der Waals surface area contributed by atoms with Crippen molar-refractivity contribution in [1.82, 2.24) is 9.88 Å². The first-order valence-corrected chi connectivity index (χ1v) is 13.6. The fraction of sp³-hybridized carbons (Fsp3) is 0.429. The normalized spacial score (nSPS) is 17.3. The lowest BCUT2D eigenvalue weighted by molar-refractivity contribution is 0.0724. The number of likely N-dealkylation sites (tertiary alicyclic amines) is 1. The molecule has 33 heavy (non-hydrogen) atoms. The average Bonchev–Trinajstić information content (AvgIpc) is 3.35. The van der Waals surface area contributed by atoms with Crippen molar-refractivity contribution in [1.29, 1.82) is 0 Å². The van der Waals surface area contributed by atoms with Gasteiger partial charge in [0.15, 0.2) is 0 Å². The molecule has 3 heterocycles. The molecule has 1 aromatic carbocycles. The van der Waals surface area contributed by atoms with Gasteiger partial charge in [-0.05, 0) is 78.4 Å². The first-order valence-electron chi connectivity index (χ1n) is 12.3. The van der Waals surface area contributed by atoms with Crippen molar-refractivity contribution >= 4 is 28.8 Å². The molecular formula is C28H31ClN2OS. The van der Waals surface area contributed by atoms with Crippen LogP contribution in [-0.2, 0) is 6.42 Å². The van der Waals surface area contributed by atoms with Gasteiger partial charge in [-0.3, -0.25) is 9.78 Å². The Balaban J connectivity index is 1.32. The number of rotatable bonds is 5. The molecule has 5 heteroatoms. The van der Waals surface area contributed by atoms with E-state index < -0.39 is 0 Å². The van der Waals surface area contributed by atoms with Crippen molar-refractivity contribution < 1.29 is 4.79 Å². The Kier molecular flexibility index (Phi) is 7.13. The zero-order chi connectivity index (χ0) is 22.6. The number of amides is 1. The van der Waals surface area contributed by atoms with Crippen LogP contribution in [0.5, 0.6) is 0 Å². The lowest BCUT2D eigenvalue weighted by Crippen LogP contribution is -2.35. The molecule has 0 atom stereocenters. The first kappa shape index (κ1) is 22.6. The van der Waals surface area contributed by atoms with Crippen molar-refractivity contribution in [3.63, 3.8) is 0 Å². The summed E-state index contributed by atoms with van der Waals surface area (Å²) < 4.78 is 0. The maximum absolute atomic E-state index is 12.8. The summed E-state index contributed by atoms with van der Waals surface area (Å²) in [5.41, 5.74) is 5.18. The number of hydrogen-bond donors (Lipinski definition) is 0. The van der Waals surface area contributed by atoms with E-state index in [1.165, 1.54) is 54.7 Å². The van der Waals surface area contributed by atoms with Crippen LogP contribution in [0, 0.1) is 5.92 Å². The fourth-order valence-electron chi connectivity index (χ4n) is 5.22. The Hall–Kier alpha value is -2.17. The number of carbonyl (C=O) groups is 1. The zero-order valence-electron chi connectivity index (χ0n) is 19.1. The zero-order valence-corrected chi connectivity index (χ0v) is 20.6. The van der Waals surface area contributed by atoms with Crippen LogP contribution in [0.15, 0.2) is 48.0 Å². The van der Waals surface area contributed by atoms with E-state index >= 15 is 0 Å². The van der Waals surface area contributed by atoms with Crippen molar-refractivity contribution in [3.05, 3.63) is 64.3 Å². The van der Waals surface area contributed by atoms with Crippen LogP contribution in [0.1, 0.15) is 67.4 Å². The van der Waals surface area contributed by atoms with E-state index in [9.17, 15) is 4.79 Å². The molecule has 0 unspecified atom stereocenters. The Morgan fingerprint density at radius 2 is 1.76 bits per heavy atom. The molecule has 5 rings (SSSR count). The van der Waals surface area contributed by atoms with Gasteiger partial charge in [0.1, 0.15) is 0 Å². The van der Waals surface area contributed by atoms with Crippen molar-refractivity contribution in [2.45, 2.75) is 57.8 Å². The molecule has 0 bridgehead atoms. The van der Waals surface area contributed by atoms with E-state index in [2.05, 4.69) is 28.6 Å². The maximum atomic E-state index is 12.8. The van der Waals surface area contributed by atoms with E-state index in [1.54, 1.807) is 11.3 Å². The molecule has 2 fully saturated rings. The number of pyridine rings is 1. The Morgan fingerprint density at radius 3 is 2.55 bits per heavy atom. The quantitative estimate of drug-likeness (QED) is 0.373. The topological polar surface area (TPSA) is 33.2 Å². The van der Waals surface area contributed by atoms with Crippen LogP contribution in [-0.4, -0.2) is 28.9 Å². The summed E-state index contributed by atoms with van der Waals surface area (Å²) in [6, 6.07) is 12.3. The molecule has 1 saturated heterocycles. The van der Waals surface area contributed by atoms with Crippen molar-refractivity contribution in [2.75, 3.05) is 13.1 Å². The van der Waals surface area contributed by atoms with Gasteiger partial charge in [0.05, 0.1) is 0 Å². The summed E-state index contributed by atoms with van der Waals surface area (Å²) in [7, 11) is 0. The molecule has 1 aliphatic carbocycles. The van der Waals surface area contributed by atoms with Gasteiger partial charge in [-0.2, -0.15) is 0 Å². The van der Waals surface area contributed by atoms with Crippen LogP contribution in [0.4, 0.5) is 0 Å². The summed E-state index contributed by atoms with van der Waals surface area (Å²) in [6.45, 7) is 1.70. The Bertz CT molecular complexity index is 1110. The molecule has 0 N–H and O–H groups in total. The molecule has 2 aromatic heterocycles. The molecular weight excluding hydrogens is 448 g/mol. The molecule has 172 valence electrons. The second kappa shape index (κ2) is 10.4. The van der Waals surface area contributed by atoms with Gasteiger partial charge in [-0.1, -0.05) is 49.8 Å². The third-order valence-electron chi connectivity index (χ3n) is 7.09. The Labute approximate surface area is 205 Å². The third-order valence-corrected chi connectivity index (χ3v) is 8.39.